The van der Waals surface area contributed by atoms with Gasteiger partial charge in [-0.2, -0.15) is 0 Å². The average molecular weight is 314 g/mol. The molecule has 0 spiro atoms. The number of benzene rings is 1. The number of amides is 2. The maximum atomic E-state index is 11.7. The Kier molecular flexibility index (Phi) is 6.98. The van der Waals surface area contributed by atoms with Gasteiger partial charge in [0, 0.05) is 18.1 Å². The molecule has 116 valence electrons. The van der Waals surface area contributed by atoms with Crippen LogP contribution >= 0.6 is 11.6 Å². The monoisotopic (exact) mass is 313 g/mol. The molecule has 6 nitrogen and oxygen atoms in total. The van der Waals surface area contributed by atoms with Crippen LogP contribution in [0.5, 0.6) is 5.75 Å². The van der Waals surface area contributed by atoms with E-state index in [9.17, 15) is 14.7 Å². The summed E-state index contributed by atoms with van der Waals surface area (Å²) in [7, 11) is 0. The van der Waals surface area contributed by atoms with Crippen LogP contribution in [0.25, 0.3) is 0 Å². The Hall–Kier alpha value is -1.79. The highest BCUT2D eigenvalue weighted by molar-refractivity contribution is 6.40. The van der Waals surface area contributed by atoms with Crippen LogP contribution in [0.3, 0.4) is 0 Å². The van der Waals surface area contributed by atoms with Crippen molar-refractivity contribution in [1.29, 1.82) is 0 Å². The third-order valence-electron chi connectivity index (χ3n) is 3.02. The summed E-state index contributed by atoms with van der Waals surface area (Å²) in [6.07, 6.45) is 0. The summed E-state index contributed by atoms with van der Waals surface area (Å²) in [5.41, 5.74) is 0.103. The van der Waals surface area contributed by atoms with Crippen molar-refractivity contribution in [1.82, 2.24) is 10.2 Å². The first kappa shape index (κ1) is 17.3. The van der Waals surface area contributed by atoms with E-state index >= 15 is 0 Å². The summed E-state index contributed by atoms with van der Waals surface area (Å²) in [4.78, 5) is 25.5. The van der Waals surface area contributed by atoms with Gasteiger partial charge >= 0.3 is 11.8 Å². The molecule has 0 aromatic heterocycles. The molecule has 0 saturated heterocycles. The second kappa shape index (κ2) is 8.49. The summed E-state index contributed by atoms with van der Waals surface area (Å²) in [6.45, 7) is 6.88. The van der Waals surface area contributed by atoms with Crippen molar-refractivity contribution in [3.05, 3.63) is 23.2 Å². The molecule has 1 aromatic rings. The first-order valence-corrected chi connectivity index (χ1v) is 7.15. The fourth-order valence-electron chi connectivity index (χ4n) is 1.74. The van der Waals surface area contributed by atoms with Crippen LogP contribution in [-0.4, -0.2) is 48.0 Å². The molecule has 0 aliphatic rings. The Morgan fingerprint density at radius 3 is 2.52 bits per heavy atom. The normalized spacial score (nSPS) is 10.5. The molecular weight excluding hydrogens is 294 g/mol. The lowest BCUT2D eigenvalue weighted by Crippen LogP contribution is -2.40. The molecule has 3 N–H and O–H groups in total. The van der Waals surface area contributed by atoms with E-state index in [1.165, 1.54) is 18.2 Å². The Morgan fingerprint density at radius 1 is 1.24 bits per heavy atom. The number of phenolic OH excluding ortho intramolecular Hbond substituents is 1. The van der Waals surface area contributed by atoms with Crippen LogP contribution in [0, 0.1) is 0 Å². The van der Waals surface area contributed by atoms with Crippen molar-refractivity contribution < 1.29 is 14.7 Å². The lowest BCUT2D eigenvalue weighted by atomic mass is 10.3. The Bertz CT molecular complexity index is 504. The zero-order valence-corrected chi connectivity index (χ0v) is 12.9. The minimum absolute atomic E-state index is 0.103. The molecule has 1 rings (SSSR count). The fourth-order valence-corrected chi connectivity index (χ4v) is 1.91. The quantitative estimate of drug-likeness (QED) is 0.548. The summed E-state index contributed by atoms with van der Waals surface area (Å²) in [5, 5.41) is 14.8. The van der Waals surface area contributed by atoms with E-state index in [1.54, 1.807) is 0 Å². The highest BCUT2D eigenvalue weighted by atomic mass is 35.5. The Morgan fingerprint density at radius 2 is 1.90 bits per heavy atom. The number of halogens is 1. The van der Waals surface area contributed by atoms with Crippen LogP contribution < -0.4 is 10.6 Å². The predicted molar refractivity (Wildman–Crippen MR) is 82.5 cm³/mol. The van der Waals surface area contributed by atoms with Gasteiger partial charge in [0.25, 0.3) is 0 Å². The number of hydrogen-bond donors (Lipinski definition) is 3. The van der Waals surface area contributed by atoms with Gasteiger partial charge in [-0.15, -0.1) is 0 Å². The Labute approximate surface area is 129 Å². The van der Waals surface area contributed by atoms with Gasteiger partial charge in [0.15, 0.2) is 0 Å². The molecule has 1 aromatic carbocycles. The predicted octanol–water partition coefficient (Wildman–Crippen LogP) is 1.44. The van der Waals surface area contributed by atoms with Gasteiger partial charge in [-0.05, 0) is 31.3 Å². The van der Waals surface area contributed by atoms with Crippen LogP contribution in [0.1, 0.15) is 13.8 Å². The minimum atomic E-state index is -0.841. The van der Waals surface area contributed by atoms with Gasteiger partial charge in [0.1, 0.15) is 5.75 Å². The van der Waals surface area contributed by atoms with Crippen molar-refractivity contribution in [3.63, 3.8) is 0 Å². The van der Waals surface area contributed by atoms with Crippen LogP contribution in [0.2, 0.25) is 5.02 Å². The van der Waals surface area contributed by atoms with E-state index in [0.717, 1.165) is 13.1 Å². The maximum absolute atomic E-state index is 11.7. The molecule has 0 aliphatic carbocycles. The minimum Gasteiger partial charge on any atom is -0.506 e. The number of phenols is 1. The zero-order valence-electron chi connectivity index (χ0n) is 12.1. The fraction of sp³-hybridized carbons (Fsp3) is 0.429. The Balaban J connectivity index is 2.48. The van der Waals surface area contributed by atoms with Gasteiger partial charge in [-0.25, -0.2) is 0 Å². The lowest BCUT2D eigenvalue weighted by Gasteiger charge is -2.17. The highest BCUT2D eigenvalue weighted by Crippen LogP contribution is 2.26. The number of likely N-dealkylation sites (N-methyl/N-ethyl adjacent to an activating group) is 1. The topological polar surface area (TPSA) is 81.7 Å². The van der Waals surface area contributed by atoms with Crippen molar-refractivity contribution >= 4 is 29.1 Å². The van der Waals surface area contributed by atoms with Gasteiger partial charge in [0.2, 0.25) is 0 Å². The van der Waals surface area contributed by atoms with E-state index in [-0.39, 0.29) is 11.4 Å². The van der Waals surface area contributed by atoms with E-state index in [1.807, 2.05) is 13.8 Å². The third kappa shape index (κ3) is 5.61. The highest BCUT2D eigenvalue weighted by Gasteiger charge is 2.15. The molecule has 0 unspecified atom stereocenters. The second-order valence-corrected chi connectivity index (χ2v) is 4.83. The van der Waals surface area contributed by atoms with Crippen LogP contribution in [0.15, 0.2) is 18.2 Å². The average Bonchev–Trinajstić information content (AvgIpc) is 2.47. The van der Waals surface area contributed by atoms with E-state index in [0.29, 0.717) is 18.1 Å². The summed E-state index contributed by atoms with van der Waals surface area (Å²) in [6, 6.07) is 4.20. The molecule has 0 atom stereocenters. The molecule has 0 aliphatic heterocycles. The lowest BCUT2D eigenvalue weighted by molar-refractivity contribution is -0.136. The summed E-state index contributed by atoms with van der Waals surface area (Å²) in [5.74, 6) is -1.74. The van der Waals surface area contributed by atoms with E-state index in [4.69, 9.17) is 11.6 Å². The van der Waals surface area contributed by atoms with Crippen molar-refractivity contribution in [2.75, 3.05) is 31.5 Å². The smallest absolute Gasteiger partial charge is 0.313 e. The van der Waals surface area contributed by atoms with Crippen LogP contribution in [0.4, 0.5) is 5.69 Å². The molecule has 0 bridgehead atoms. The molecule has 0 radical (unpaired) electrons. The molecule has 2 amide bonds. The third-order valence-corrected chi connectivity index (χ3v) is 3.26. The first-order valence-electron chi connectivity index (χ1n) is 6.78. The number of hydrogen-bond acceptors (Lipinski definition) is 4. The van der Waals surface area contributed by atoms with E-state index < -0.39 is 11.8 Å². The van der Waals surface area contributed by atoms with Crippen LogP contribution in [-0.2, 0) is 9.59 Å². The molecule has 0 heterocycles. The number of rotatable bonds is 6. The van der Waals surface area contributed by atoms with Crippen molar-refractivity contribution in [3.8, 4) is 5.75 Å². The number of aromatic hydroxyl groups is 1. The van der Waals surface area contributed by atoms with Gasteiger partial charge in [-0.3, -0.25) is 9.59 Å². The largest absolute Gasteiger partial charge is 0.506 e. The number of nitrogens with zero attached hydrogens (tertiary/aromatic N) is 1. The van der Waals surface area contributed by atoms with Gasteiger partial charge in [0.05, 0.1) is 5.69 Å². The first-order chi connectivity index (χ1) is 9.97. The summed E-state index contributed by atoms with van der Waals surface area (Å²) < 4.78 is 0. The summed E-state index contributed by atoms with van der Waals surface area (Å²) >= 11 is 5.76. The SMILES string of the molecule is CCN(CC)CCNC(=O)C(=O)Nc1cc(Cl)ccc1O. The number of carbonyl (C=O) groups excluding carboxylic acids is 2. The van der Waals surface area contributed by atoms with E-state index in [2.05, 4.69) is 15.5 Å². The molecule has 21 heavy (non-hydrogen) atoms. The standard InChI is InChI=1S/C14H20ClN3O3/c1-3-18(4-2)8-7-16-13(20)14(21)17-11-9-10(15)5-6-12(11)19/h5-6,9,19H,3-4,7-8H2,1-2H3,(H,16,20)(H,17,21). The molecule has 0 fully saturated rings. The zero-order chi connectivity index (χ0) is 15.8. The molecule has 7 heteroatoms. The maximum Gasteiger partial charge on any atom is 0.313 e. The van der Waals surface area contributed by atoms with Crippen molar-refractivity contribution in [2.24, 2.45) is 0 Å². The number of carbonyl (C=O) groups is 2. The number of anilines is 1. The van der Waals surface area contributed by atoms with Gasteiger partial charge in [-0.1, -0.05) is 25.4 Å². The van der Waals surface area contributed by atoms with Gasteiger partial charge < -0.3 is 20.6 Å². The van der Waals surface area contributed by atoms with Crippen molar-refractivity contribution in [2.45, 2.75) is 13.8 Å². The molecular formula is C14H20ClN3O3. The molecule has 0 saturated carbocycles. The number of nitrogens with one attached hydrogen (secondary N) is 2. The second-order valence-electron chi connectivity index (χ2n) is 4.40.